The van der Waals surface area contributed by atoms with Gasteiger partial charge >= 0.3 is 0 Å². The molecule has 1 unspecified atom stereocenters. The van der Waals surface area contributed by atoms with E-state index in [1.165, 1.54) is 14.2 Å². The van der Waals surface area contributed by atoms with Crippen molar-refractivity contribution in [2.75, 3.05) is 20.8 Å². The van der Waals surface area contributed by atoms with Crippen molar-refractivity contribution in [1.29, 1.82) is 0 Å². The summed E-state index contributed by atoms with van der Waals surface area (Å²) in [4.78, 5) is 0. The zero-order valence-electron chi connectivity index (χ0n) is 8.80. The molecule has 15 heavy (non-hydrogen) atoms. The first kappa shape index (κ1) is 12.2. The number of nitrogens with one attached hydrogen (secondary N) is 1. The van der Waals surface area contributed by atoms with Gasteiger partial charge in [0, 0.05) is 7.11 Å². The molecule has 0 aliphatic heterocycles. The standard InChI is InChI=1S/C10H15NO3S/c1-11-15(12,13)10(8-14-2)9-6-4-3-5-7-9/h3-7,10-11H,8H2,1-2H3. The van der Waals surface area contributed by atoms with Crippen molar-refractivity contribution in [1.82, 2.24) is 4.72 Å². The molecule has 0 spiro atoms. The van der Waals surface area contributed by atoms with Crippen LogP contribution in [-0.4, -0.2) is 29.2 Å². The number of benzene rings is 1. The molecule has 0 aliphatic carbocycles. The van der Waals surface area contributed by atoms with Crippen molar-refractivity contribution >= 4 is 10.0 Å². The van der Waals surface area contributed by atoms with Crippen molar-refractivity contribution in [3.8, 4) is 0 Å². The smallest absolute Gasteiger partial charge is 0.220 e. The molecule has 1 rings (SSSR count). The normalized spacial score (nSPS) is 13.7. The molecule has 1 aromatic carbocycles. The molecular formula is C10H15NO3S. The Morgan fingerprint density at radius 2 is 1.93 bits per heavy atom. The van der Waals surface area contributed by atoms with Crippen LogP contribution < -0.4 is 4.72 Å². The lowest BCUT2D eigenvalue weighted by Crippen LogP contribution is -2.28. The molecular weight excluding hydrogens is 214 g/mol. The number of sulfonamides is 1. The second-order valence-corrected chi connectivity index (χ2v) is 5.17. The van der Waals surface area contributed by atoms with Crippen LogP contribution in [0.5, 0.6) is 0 Å². The monoisotopic (exact) mass is 229 g/mol. The maximum atomic E-state index is 11.7. The van der Waals surface area contributed by atoms with E-state index in [0.29, 0.717) is 0 Å². The number of rotatable bonds is 5. The van der Waals surface area contributed by atoms with Crippen LogP contribution in [-0.2, 0) is 14.8 Å². The number of ether oxygens (including phenoxy) is 1. The molecule has 5 heteroatoms. The van der Waals surface area contributed by atoms with Gasteiger partial charge in [0.2, 0.25) is 10.0 Å². The molecule has 4 nitrogen and oxygen atoms in total. The zero-order chi connectivity index (χ0) is 11.3. The Balaban J connectivity index is 3.04. The van der Waals surface area contributed by atoms with Gasteiger partial charge in [0.15, 0.2) is 0 Å². The first-order chi connectivity index (χ1) is 7.11. The van der Waals surface area contributed by atoms with Gasteiger partial charge in [-0.1, -0.05) is 30.3 Å². The Bertz CT molecular complexity index is 388. The third kappa shape index (κ3) is 3.02. The summed E-state index contributed by atoms with van der Waals surface area (Å²) in [7, 11) is -0.460. The van der Waals surface area contributed by atoms with E-state index in [2.05, 4.69) is 4.72 Å². The minimum atomic E-state index is -3.35. The third-order valence-electron chi connectivity index (χ3n) is 2.15. The second-order valence-electron chi connectivity index (χ2n) is 3.10. The van der Waals surface area contributed by atoms with E-state index < -0.39 is 15.3 Å². The number of hydrogen-bond donors (Lipinski definition) is 1. The van der Waals surface area contributed by atoms with E-state index in [1.807, 2.05) is 18.2 Å². The lowest BCUT2D eigenvalue weighted by Gasteiger charge is -2.16. The Morgan fingerprint density at radius 1 is 1.33 bits per heavy atom. The van der Waals surface area contributed by atoms with Gasteiger partial charge in [-0.2, -0.15) is 0 Å². The van der Waals surface area contributed by atoms with Gasteiger partial charge in [-0.05, 0) is 12.6 Å². The quantitative estimate of drug-likeness (QED) is 0.817. The molecule has 0 aliphatic rings. The van der Waals surface area contributed by atoms with Gasteiger partial charge < -0.3 is 4.74 Å². The summed E-state index contributed by atoms with van der Waals surface area (Å²) < 4.78 is 30.6. The van der Waals surface area contributed by atoms with Crippen LogP contribution in [0.25, 0.3) is 0 Å². The van der Waals surface area contributed by atoms with Crippen LogP contribution in [0.4, 0.5) is 0 Å². The van der Waals surface area contributed by atoms with Gasteiger partial charge in [-0.3, -0.25) is 0 Å². The lowest BCUT2D eigenvalue weighted by molar-refractivity contribution is 0.197. The molecule has 0 saturated carbocycles. The highest BCUT2D eigenvalue weighted by atomic mass is 32.2. The fourth-order valence-electron chi connectivity index (χ4n) is 1.33. The van der Waals surface area contributed by atoms with Crippen LogP contribution in [0, 0.1) is 0 Å². The summed E-state index contributed by atoms with van der Waals surface area (Å²) in [5.41, 5.74) is 0.730. The van der Waals surface area contributed by atoms with Crippen molar-refractivity contribution in [3.63, 3.8) is 0 Å². The second kappa shape index (κ2) is 5.25. The Morgan fingerprint density at radius 3 is 2.40 bits per heavy atom. The third-order valence-corrected chi connectivity index (χ3v) is 3.87. The van der Waals surface area contributed by atoms with Crippen LogP contribution in [0.1, 0.15) is 10.8 Å². The van der Waals surface area contributed by atoms with Gasteiger partial charge in [0.1, 0.15) is 5.25 Å². The number of hydrogen-bond acceptors (Lipinski definition) is 3. The maximum Gasteiger partial charge on any atom is 0.220 e. The van der Waals surface area contributed by atoms with Gasteiger partial charge in [0.05, 0.1) is 6.61 Å². The van der Waals surface area contributed by atoms with Crippen LogP contribution in [0.2, 0.25) is 0 Å². The Kier molecular flexibility index (Phi) is 4.26. The summed E-state index contributed by atoms with van der Waals surface area (Å²) in [5.74, 6) is 0. The molecule has 0 fully saturated rings. The summed E-state index contributed by atoms with van der Waals surface area (Å²) >= 11 is 0. The fraction of sp³-hybridized carbons (Fsp3) is 0.400. The topological polar surface area (TPSA) is 55.4 Å². The highest BCUT2D eigenvalue weighted by molar-refractivity contribution is 7.89. The average Bonchev–Trinajstić information content (AvgIpc) is 2.27. The average molecular weight is 229 g/mol. The van der Waals surface area contributed by atoms with E-state index in [0.717, 1.165) is 5.56 Å². The van der Waals surface area contributed by atoms with E-state index in [4.69, 9.17) is 4.74 Å². The minimum Gasteiger partial charge on any atom is -0.383 e. The van der Waals surface area contributed by atoms with Crippen molar-refractivity contribution in [3.05, 3.63) is 35.9 Å². The van der Waals surface area contributed by atoms with E-state index >= 15 is 0 Å². The maximum absolute atomic E-state index is 11.7. The summed E-state index contributed by atoms with van der Waals surface area (Å²) in [5, 5.41) is -0.659. The predicted octanol–water partition coefficient (Wildman–Crippen LogP) is 0.923. The van der Waals surface area contributed by atoms with E-state index in [1.54, 1.807) is 12.1 Å². The highest BCUT2D eigenvalue weighted by Gasteiger charge is 2.25. The van der Waals surface area contributed by atoms with Gasteiger partial charge in [-0.15, -0.1) is 0 Å². The largest absolute Gasteiger partial charge is 0.383 e. The molecule has 84 valence electrons. The SMILES string of the molecule is CNS(=O)(=O)C(COC)c1ccccc1. The lowest BCUT2D eigenvalue weighted by atomic mass is 10.1. The van der Waals surface area contributed by atoms with Crippen molar-refractivity contribution in [2.45, 2.75) is 5.25 Å². The molecule has 0 saturated heterocycles. The van der Waals surface area contributed by atoms with Gasteiger partial charge in [0.25, 0.3) is 0 Å². The van der Waals surface area contributed by atoms with Crippen LogP contribution >= 0.6 is 0 Å². The van der Waals surface area contributed by atoms with Crippen LogP contribution in [0.15, 0.2) is 30.3 Å². The Hall–Kier alpha value is -0.910. The predicted molar refractivity (Wildman–Crippen MR) is 59.0 cm³/mol. The summed E-state index contributed by atoms with van der Waals surface area (Å²) in [6.07, 6.45) is 0. The Labute approximate surface area is 90.3 Å². The number of methoxy groups -OCH3 is 1. The van der Waals surface area contributed by atoms with Gasteiger partial charge in [-0.25, -0.2) is 13.1 Å². The fourth-order valence-corrected chi connectivity index (χ4v) is 2.44. The summed E-state index contributed by atoms with van der Waals surface area (Å²) in [6.45, 7) is 0.146. The molecule has 0 heterocycles. The molecule has 0 radical (unpaired) electrons. The highest BCUT2D eigenvalue weighted by Crippen LogP contribution is 2.21. The van der Waals surface area contributed by atoms with E-state index in [-0.39, 0.29) is 6.61 Å². The molecule has 0 aromatic heterocycles. The summed E-state index contributed by atoms with van der Waals surface area (Å²) in [6, 6.07) is 9.02. The minimum absolute atomic E-state index is 0.146. The van der Waals surface area contributed by atoms with Crippen LogP contribution in [0.3, 0.4) is 0 Å². The molecule has 1 N–H and O–H groups in total. The van der Waals surface area contributed by atoms with Crippen molar-refractivity contribution in [2.24, 2.45) is 0 Å². The first-order valence-electron chi connectivity index (χ1n) is 4.58. The zero-order valence-corrected chi connectivity index (χ0v) is 9.62. The van der Waals surface area contributed by atoms with E-state index in [9.17, 15) is 8.42 Å². The first-order valence-corrected chi connectivity index (χ1v) is 6.12. The molecule has 0 bridgehead atoms. The molecule has 1 aromatic rings. The molecule has 0 amide bonds. The molecule has 1 atom stereocenters. The van der Waals surface area contributed by atoms with Crippen molar-refractivity contribution < 1.29 is 13.2 Å².